The summed E-state index contributed by atoms with van der Waals surface area (Å²) in [5.41, 5.74) is 0. The predicted octanol–water partition coefficient (Wildman–Crippen LogP) is 2.18. The van der Waals surface area contributed by atoms with Crippen molar-refractivity contribution in [3.8, 4) is 12.3 Å². The lowest BCUT2D eigenvalue weighted by Gasteiger charge is -2.01. The fourth-order valence-electron chi connectivity index (χ4n) is 1.36. The maximum atomic E-state index is 5.14. The third-order valence-corrected chi connectivity index (χ3v) is 2.34. The molecule has 1 nitrogen and oxygen atoms in total. The number of rotatable bonds is 7. The first-order valence-corrected chi connectivity index (χ1v) is 5.07. The Bertz CT molecular complexity index is 142. The van der Waals surface area contributed by atoms with Crippen molar-refractivity contribution in [1.82, 2.24) is 5.32 Å². The molecule has 0 aliphatic heterocycles. The molecule has 0 atom stereocenters. The van der Waals surface area contributed by atoms with Crippen LogP contribution in [0, 0.1) is 18.3 Å². The highest BCUT2D eigenvalue weighted by molar-refractivity contribution is 4.83. The molecule has 1 aliphatic carbocycles. The lowest BCUT2D eigenvalue weighted by atomic mass is 10.2. The van der Waals surface area contributed by atoms with Crippen molar-refractivity contribution in [2.24, 2.45) is 5.92 Å². The van der Waals surface area contributed by atoms with Crippen molar-refractivity contribution in [1.29, 1.82) is 0 Å². The minimum atomic E-state index is 0.912. The van der Waals surface area contributed by atoms with Gasteiger partial charge in [0.25, 0.3) is 0 Å². The molecular formula is C11H19N. The van der Waals surface area contributed by atoms with Gasteiger partial charge in [-0.3, -0.25) is 0 Å². The van der Waals surface area contributed by atoms with E-state index in [9.17, 15) is 0 Å². The highest BCUT2D eigenvalue weighted by atomic mass is 14.8. The SMILES string of the molecule is C#CCCCNCCCC1CC1. The Kier molecular flexibility index (Phi) is 4.87. The molecule has 1 aliphatic rings. The zero-order chi connectivity index (χ0) is 8.65. The first-order valence-electron chi connectivity index (χ1n) is 5.07. The van der Waals surface area contributed by atoms with Gasteiger partial charge in [0.1, 0.15) is 0 Å². The summed E-state index contributed by atoms with van der Waals surface area (Å²) < 4.78 is 0. The van der Waals surface area contributed by atoms with Gasteiger partial charge in [-0.05, 0) is 38.3 Å². The summed E-state index contributed by atoms with van der Waals surface area (Å²) in [5, 5.41) is 3.41. The lowest BCUT2D eigenvalue weighted by molar-refractivity contribution is 0.585. The molecule has 1 heteroatoms. The molecule has 0 amide bonds. The van der Waals surface area contributed by atoms with E-state index in [1.165, 1.54) is 32.2 Å². The Morgan fingerprint density at radius 2 is 2.00 bits per heavy atom. The molecule has 0 aromatic heterocycles. The van der Waals surface area contributed by atoms with Crippen LogP contribution in [0.3, 0.4) is 0 Å². The van der Waals surface area contributed by atoms with Gasteiger partial charge in [-0.25, -0.2) is 0 Å². The van der Waals surface area contributed by atoms with Crippen molar-refractivity contribution in [2.75, 3.05) is 13.1 Å². The normalized spacial score (nSPS) is 15.9. The van der Waals surface area contributed by atoms with E-state index in [2.05, 4.69) is 11.2 Å². The smallest absolute Gasteiger partial charge is 0.00981 e. The second kappa shape index (κ2) is 6.08. The Hall–Kier alpha value is -0.480. The van der Waals surface area contributed by atoms with Gasteiger partial charge < -0.3 is 5.32 Å². The summed E-state index contributed by atoms with van der Waals surface area (Å²) in [4.78, 5) is 0. The first kappa shape index (κ1) is 9.61. The highest BCUT2D eigenvalue weighted by Gasteiger charge is 2.19. The number of nitrogens with one attached hydrogen (secondary N) is 1. The fourth-order valence-corrected chi connectivity index (χ4v) is 1.36. The average molecular weight is 165 g/mol. The molecule has 1 saturated carbocycles. The molecule has 0 saturated heterocycles. The van der Waals surface area contributed by atoms with Crippen LogP contribution in [0.25, 0.3) is 0 Å². The summed E-state index contributed by atoms with van der Waals surface area (Å²) in [6, 6.07) is 0. The molecule has 0 spiro atoms. The van der Waals surface area contributed by atoms with Gasteiger partial charge in [-0.2, -0.15) is 0 Å². The summed E-state index contributed by atoms with van der Waals surface area (Å²) in [6.45, 7) is 2.27. The third-order valence-electron chi connectivity index (χ3n) is 2.34. The number of terminal acetylenes is 1. The van der Waals surface area contributed by atoms with Gasteiger partial charge in [0.15, 0.2) is 0 Å². The molecule has 1 N–H and O–H groups in total. The molecule has 0 aromatic carbocycles. The van der Waals surface area contributed by atoms with Crippen LogP contribution in [0.4, 0.5) is 0 Å². The van der Waals surface area contributed by atoms with E-state index < -0.39 is 0 Å². The van der Waals surface area contributed by atoms with Crippen LogP contribution in [0.1, 0.15) is 38.5 Å². The van der Waals surface area contributed by atoms with Crippen molar-refractivity contribution in [2.45, 2.75) is 38.5 Å². The zero-order valence-corrected chi connectivity index (χ0v) is 7.81. The molecule has 12 heavy (non-hydrogen) atoms. The molecule has 68 valence electrons. The van der Waals surface area contributed by atoms with Crippen LogP contribution in [0.2, 0.25) is 0 Å². The van der Waals surface area contributed by atoms with Crippen LogP contribution in [0.5, 0.6) is 0 Å². The third kappa shape index (κ3) is 5.21. The van der Waals surface area contributed by atoms with Crippen LogP contribution >= 0.6 is 0 Å². The number of hydrogen-bond donors (Lipinski definition) is 1. The Labute approximate surface area is 75.9 Å². The number of hydrogen-bond acceptors (Lipinski definition) is 1. The average Bonchev–Trinajstić information content (AvgIpc) is 2.87. The molecule has 0 aromatic rings. The van der Waals surface area contributed by atoms with E-state index in [1.807, 2.05) is 0 Å². The second-order valence-corrected chi connectivity index (χ2v) is 3.64. The van der Waals surface area contributed by atoms with Crippen molar-refractivity contribution in [3.63, 3.8) is 0 Å². The summed E-state index contributed by atoms with van der Waals surface area (Å²) >= 11 is 0. The Morgan fingerprint density at radius 3 is 2.67 bits per heavy atom. The zero-order valence-electron chi connectivity index (χ0n) is 7.81. The van der Waals surface area contributed by atoms with Gasteiger partial charge in [0.2, 0.25) is 0 Å². The van der Waals surface area contributed by atoms with Gasteiger partial charge in [-0.15, -0.1) is 12.3 Å². The van der Waals surface area contributed by atoms with E-state index >= 15 is 0 Å². The Balaban J connectivity index is 1.68. The van der Waals surface area contributed by atoms with Gasteiger partial charge in [-0.1, -0.05) is 12.8 Å². The summed E-state index contributed by atoms with van der Waals surface area (Å²) in [5.74, 6) is 3.73. The first-order chi connectivity index (χ1) is 5.93. The van der Waals surface area contributed by atoms with Gasteiger partial charge in [0.05, 0.1) is 0 Å². The van der Waals surface area contributed by atoms with Crippen LogP contribution < -0.4 is 5.32 Å². The fraction of sp³-hybridized carbons (Fsp3) is 0.818. The van der Waals surface area contributed by atoms with Crippen molar-refractivity contribution >= 4 is 0 Å². The maximum Gasteiger partial charge on any atom is 0.00981 e. The molecular weight excluding hydrogens is 146 g/mol. The lowest BCUT2D eigenvalue weighted by Crippen LogP contribution is -2.16. The molecule has 1 rings (SSSR count). The second-order valence-electron chi connectivity index (χ2n) is 3.64. The van der Waals surface area contributed by atoms with Gasteiger partial charge >= 0.3 is 0 Å². The summed E-state index contributed by atoms with van der Waals surface area (Å²) in [7, 11) is 0. The molecule has 0 unspecified atom stereocenters. The quantitative estimate of drug-likeness (QED) is 0.450. The topological polar surface area (TPSA) is 12.0 Å². The Morgan fingerprint density at radius 1 is 1.25 bits per heavy atom. The molecule has 0 radical (unpaired) electrons. The molecule has 1 fully saturated rings. The molecule has 0 heterocycles. The van der Waals surface area contributed by atoms with Crippen molar-refractivity contribution < 1.29 is 0 Å². The largest absolute Gasteiger partial charge is 0.317 e. The van der Waals surface area contributed by atoms with E-state index in [1.54, 1.807) is 0 Å². The van der Waals surface area contributed by atoms with E-state index in [0.717, 1.165) is 25.3 Å². The minimum Gasteiger partial charge on any atom is -0.317 e. The van der Waals surface area contributed by atoms with Crippen LogP contribution in [0.15, 0.2) is 0 Å². The van der Waals surface area contributed by atoms with Crippen LogP contribution in [-0.4, -0.2) is 13.1 Å². The molecule has 0 bridgehead atoms. The maximum absolute atomic E-state index is 5.14. The minimum absolute atomic E-state index is 0.912. The van der Waals surface area contributed by atoms with Crippen LogP contribution in [-0.2, 0) is 0 Å². The van der Waals surface area contributed by atoms with E-state index in [0.29, 0.717) is 0 Å². The monoisotopic (exact) mass is 165 g/mol. The van der Waals surface area contributed by atoms with Crippen molar-refractivity contribution in [3.05, 3.63) is 0 Å². The standard InChI is InChI=1S/C11H19N/c1-2-3-4-9-12-10-5-6-11-7-8-11/h1,11-12H,3-10H2. The predicted molar refractivity (Wildman–Crippen MR) is 52.9 cm³/mol. The summed E-state index contributed by atoms with van der Waals surface area (Å²) in [6.07, 6.45) is 12.9. The highest BCUT2D eigenvalue weighted by Crippen LogP contribution is 2.33. The van der Waals surface area contributed by atoms with E-state index in [-0.39, 0.29) is 0 Å². The number of unbranched alkanes of at least 4 members (excludes halogenated alkanes) is 1. The van der Waals surface area contributed by atoms with E-state index in [4.69, 9.17) is 6.42 Å². The van der Waals surface area contributed by atoms with Gasteiger partial charge in [0, 0.05) is 6.42 Å².